The molecule has 1 aromatic heterocycles. The highest BCUT2D eigenvalue weighted by Crippen LogP contribution is 2.23. The van der Waals surface area contributed by atoms with Crippen LogP contribution < -0.4 is 5.32 Å². The summed E-state index contributed by atoms with van der Waals surface area (Å²) in [6.07, 6.45) is 2.14. The van der Waals surface area contributed by atoms with E-state index in [4.69, 9.17) is 4.42 Å². The smallest absolute Gasteiger partial charge is 0.227 e. The first-order chi connectivity index (χ1) is 9.24. The lowest BCUT2D eigenvalue weighted by Crippen LogP contribution is -2.46. The van der Waals surface area contributed by atoms with Crippen LogP contribution in [0.3, 0.4) is 0 Å². The van der Waals surface area contributed by atoms with Crippen LogP contribution in [-0.2, 0) is 11.2 Å². The highest BCUT2D eigenvalue weighted by Gasteiger charge is 2.18. The van der Waals surface area contributed by atoms with Gasteiger partial charge in [0.1, 0.15) is 5.58 Å². The van der Waals surface area contributed by atoms with Crippen molar-refractivity contribution in [3.8, 4) is 0 Å². The fourth-order valence-corrected chi connectivity index (χ4v) is 2.52. The summed E-state index contributed by atoms with van der Waals surface area (Å²) in [5.41, 5.74) is 3.03. The number of benzene rings is 1. The molecule has 4 nitrogen and oxygen atoms in total. The minimum absolute atomic E-state index is 0.186. The Morgan fingerprint density at radius 2 is 2.16 bits per heavy atom. The number of aryl methyl sites for hydroxylation is 1. The van der Waals surface area contributed by atoms with Gasteiger partial charge >= 0.3 is 0 Å². The fraction of sp³-hybridized carbons (Fsp3) is 0.400. The lowest BCUT2D eigenvalue weighted by molar-refractivity contribution is -0.131. The van der Waals surface area contributed by atoms with Crippen LogP contribution in [0.4, 0.5) is 0 Å². The minimum atomic E-state index is 0.186. The van der Waals surface area contributed by atoms with Gasteiger partial charge in [-0.1, -0.05) is 11.6 Å². The number of nitrogens with zero attached hydrogens (tertiary/aromatic N) is 1. The molecule has 2 aromatic rings. The van der Waals surface area contributed by atoms with Crippen LogP contribution in [0.25, 0.3) is 11.0 Å². The van der Waals surface area contributed by atoms with E-state index in [0.29, 0.717) is 6.42 Å². The number of rotatable bonds is 2. The van der Waals surface area contributed by atoms with E-state index in [1.807, 2.05) is 24.0 Å². The number of carbonyl (C=O) groups is 1. The summed E-state index contributed by atoms with van der Waals surface area (Å²) in [5, 5.41) is 4.31. The van der Waals surface area contributed by atoms with Crippen LogP contribution in [0.15, 0.2) is 28.9 Å². The zero-order valence-corrected chi connectivity index (χ0v) is 11.1. The molecule has 0 unspecified atom stereocenters. The Hall–Kier alpha value is -1.81. The van der Waals surface area contributed by atoms with E-state index in [1.54, 1.807) is 6.26 Å². The molecule has 4 heteroatoms. The monoisotopic (exact) mass is 258 g/mol. The lowest BCUT2D eigenvalue weighted by atomic mass is 10.1. The van der Waals surface area contributed by atoms with Gasteiger partial charge in [0.15, 0.2) is 0 Å². The average Bonchev–Trinajstić information content (AvgIpc) is 2.82. The van der Waals surface area contributed by atoms with E-state index >= 15 is 0 Å². The number of hydrogen-bond acceptors (Lipinski definition) is 3. The first-order valence-electron chi connectivity index (χ1n) is 6.69. The lowest BCUT2D eigenvalue weighted by Gasteiger charge is -2.27. The Morgan fingerprint density at radius 1 is 1.37 bits per heavy atom. The number of hydrogen-bond donors (Lipinski definition) is 1. The normalized spacial score (nSPS) is 15.9. The molecule has 1 aliphatic heterocycles. The molecule has 3 rings (SSSR count). The molecule has 1 fully saturated rings. The van der Waals surface area contributed by atoms with Crippen LogP contribution in [-0.4, -0.2) is 37.0 Å². The molecule has 1 aliphatic rings. The number of fused-ring (bicyclic) bond motifs is 1. The van der Waals surface area contributed by atoms with Gasteiger partial charge in [-0.2, -0.15) is 0 Å². The number of carbonyl (C=O) groups excluding carboxylic acids is 1. The van der Waals surface area contributed by atoms with Gasteiger partial charge in [-0.25, -0.2) is 0 Å². The Labute approximate surface area is 112 Å². The molecule has 0 saturated carbocycles. The molecule has 19 heavy (non-hydrogen) atoms. The zero-order valence-electron chi connectivity index (χ0n) is 11.1. The first-order valence-corrected chi connectivity index (χ1v) is 6.69. The molecular formula is C15H18N2O2. The van der Waals surface area contributed by atoms with E-state index in [2.05, 4.69) is 11.4 Å². The summed E-state index contributed by atoms with van der Waals surface area (Å²) < 4.78 is 5.51. The third-order valence-electron chi connectivity index (χ3n) is 3.62. The van der Waals surface area contributed by atoms with Gasteiger partial charge in [0.05, 0.1) is 12.7 Å². The van der Waals surface area contributed by atoms with Crippen molar-refractivity contribution < 1.29 is 9.21 Å². The predicted molar refractivity (Wildman–Crippen MR) is 74.1 cm³/mol. The highest BCUT2D eigenvalue weighted by atomic mass is 16.3. The summed E-state index contributed by atoms with van der Waals surface area (Å²) >= 11 is 0. The SMILES string of the molecule is Cc1ccc2occ(CC(=O)N3CCNCC3)c2c1. The van der Waals surface area contributed by atoms with Gasteiger partial charge in [0.25, 0.3) is 0 Å². The molecule has 0 bridgehead atoms. The predicted octanol–water partition coefficient (Wildman–Crippen LogP) is 1.72. The van der Waals surface area contributed by atoms with E-state index in [-0.39, 0.29) is 5.91 Å². The number of piperazine rings is 1. The second kappa shape index (κ2) is 5.05. The summed E-state index contributed by atoms with van der Waals surface area (Å²) in [6.45, 7) is 5.42. The Bertz CT molecular complexity index is 597. The molecule has 100 valence electrons. The number of nitrogens with one attached hydrogen (secondary N) is 1. The number of amides is 1. The third kappa shape index (κ3) is 2.49. The van der Waals surface area contributed by atoms with Crippen molar-refractivity contribution in [3.63, 3.8) is 0 Å². The molecule has 1 N–H and O–H groups in total. The average molecular weight is 258 g/mol. The Morgan fingerprint density at radius 3 is 2.95 bits per heavy atom. The van der Waals surface area contributed by atoms with Crippen molar-refractivity contribution in [2.45, 2.75) is 13.3 Å². The van der Waals surface area contributed by atoms with Crippen molar-refractivity contribution in [3.05, 3.63) is 35.6 Å². The molecule has 0 radical (unpaired) electrons. The molecule has 0 aliphatic carbocycles. The van der Waals surface area contributed by atoms with Gasteiger partial charge in [0, 0.05) is 37.1 Å². The van der Waals surface area contributed by atoms with Crippen LogP contribution >= 0.6 is 0 Å². The minimum Gasteiger partial charge on any atom is -0.464 e. The fourth-order valence-electron chi connectivity index (χ4n) is 2.52. The van der Waals surface area contributed by atoms with E-state index in [1.165, 1.54) is 5.56 Å². The van der Waals surface area contributed by atoms with Crippen LogP contribution in [0.2, 0.25) is 0 Å². The maximum absolute atomic E-state index is 12.3. The Balaban J connectivity index is 1.80. The largest absolute Gasteiger partial charge is 0.464 e. The molecule has 1 saturated heterocycles. The topological polar surface area (TPSA) is 45.5 Å². The summed E-state index contributed by atoms with van der Waals surface area (Å²) in [5.74, 6) is 0.186. The molecular weight excluding hydrogens is 240 g/mol. The summed E-state index contributed by atoms with van der Waals surface area (Å²) in [7, 11) is 0. The van der Waals surface area contributed by atoms with E-state index in [9.17, 15) is 4.79 Å². The molecule has 1 amide bonds. The van der Waals surface area contributed by atoms with Gasteiger partial charge in [-0.05, 0) is 19.1 Å². The highest BCUT2D eigenvalue weighted by molar-refractivity contribution is 5.88. The van der Waals surface area contributed by atoms with E-state index < -0.39 is 0 Å². The Kier molecular flexibility index (Phi) is 3.25. The summed E-state index contributed by atoms with van der Waals surface area (Å²) in [4.78, 5) is 14.2. The maximum Gasteiger partial charge on any atom is 0.227 e. The van der Waals surface area contributed by atoms with Crippen molar-refractivity contribution in [1.82, 2.24) is 10.2 Å². The molecule has 0 atom stereocenters. The third-order valence-corrected chi connectivity index (χ3v) is 3.62. The zero-order chi connectivity index (χ0) is 13.2. The quantitative estimate of drug-likeness (QED) is 0.892. The van der Waals surface area contributed by atoms with Crippen molar-refractivity contribution in [2.75, 3.05) is 26.2 Å². The van der Waals surface area contributed by atoms with Crippen LogP contribution in [0.1, 0.15) is 11.1 Å². The van der Waals surface area contributed by atoms with Gasteiger partial charge < -0.3 is 14.6 Å². The number of furan rings is 1. The molecule has 0 spiro atoms. The second-order valence-electron chi connectivity index (χ2n) is 5.07. The summed E-state index contributed by atoms with van der Waals surface area (Å²) in [6, 6.07) is 6.07. The standard InChI is InChI=1S/C15H18N2O2/c1-11-2-3-14-13(8-11)12(10-19-14)9-15(18)17-6-4-16-5-7-17/h2-3,8,10,16H,4-7,9H2,1H3. The van der Waals surface area contributed by atoms with Crippen molar-refractivity contribution >= 4 is 16.9 Å². The van der Waals surface area contributed by atoms with Gasteiger partial charge in [-0.3, -0.25) is 4.79 Å². The maximum atomic E-state index is 12.3. The first kappa shape index (κ1) is 12.2. The van der Waals surface area contributed by atoms with Crippen LogP contribution in [0, 0.1) is 6.92 Å². The molecule has 2 heterocycles. The van der Waals surface area contributed by atoms with Crippen molar-refractivity contribution in [2.24, 2.45) is 0 Å². The van der Waals surface area contributed by atoms with Gasteiger partial charge in [-0.15, -0.1) is 0 Å². The van der Waals surface area contributed by atoms with Crippen LogP contribution in [0.5, 0.6) is 0 Å². The van der Waals surface area contributed by atoms with E-state index in [0.717, 1.165) is 42.7 Å². The van der Waals surface area contributed by atoms with Gasteiger partial charge in [0.2, 0.25) is 5.91 Å². The second-order valence-corrected chi connectivity index (χ2v) is 5.07. The molecule has 1 aromatic carbocycles. The van der Waals surface area contributed by atoms with Crippen molar-refractivity contribution in [1.29, 1.82) is 0 Å².